The van der Waals surface area contributed by atoms with E-state index in [0.29, 0.717) is 35.1 Å². The zero-order chi connectivity index (χ0) is 40.4. The lowest BCUT2D eigenvalue weighted by Gasteiger charge is -2.27. The predicted molar refractivity (Wildman–Crippen MR) is 237 cm³/mol. The van der Waals surface area contributed by atoms with E-state index >= 15 is 0 Å². The normalized spacial score (nSPS) is 23.0. The van der Waals surface area contributed by atoms with Crippen molar-refractivity contribution in [3.8, 4) is 12.1 Å². The fourth-order valence-electron chi connectivity index (χ4n) is 9.13. The molecule has 2 aromatic carbocycles. The smallest absolute Gasteiger partial charge is 0.277 e. The number of nitrogens with zero attached hydrogens (tertiary/aromatic N) is 6. The Balaban J connectivity index is 0.000000177. The Morgan fingerprint density at radius 3 is 1.12 bits per heavy atom. The molecule has 4 fully saturated rings. The van der Waals surface area contributed by atoms with E-state index in [1.54, 1.807) is 9.80 Å². The molecule has 58 heavy (non-hydrogen) atoms. The molecule has 2 aromatic rings. The molecular formula is C46H54Br2N8O2. The van der Waals surface area contributed by atoms with E-state index in [4.69, 9.17) is 9.98 Å². The van der Waals surface area contributed by atoms with Gasteiger partial charge < -0.3 is 10.6 Å². The van der Waals surface area contributed by atoms with Crippen LogP contribution in [0, 0.1) is 22.7 Å². The van der Waals surface area contributed by atoms with Gasteiger partial charge in [-0.05, 0) is 99.9 Å². The third-order valence-electron chi connectivity index (χ3n) is 12.3. The Labute approximate surface area is 360 Å². The Morgan fingerprint density at radius 1 is 0.500 bits per heavy atom. The van der Waals surface area contributed by atoms with E-state index in [1.165, 1.54) is 77.0 Å². The van der Waals surface area contributed by atoms with E-state index in [-0.39, 0.29) is 35.0 Å². The number of hydrogen-bond acceptors (Lipinski definition) is 8. The number of anilines is 2. The first-order valence-corrected chi connectivity index (χ1v) is 23.1. The number of amides is 2. The molecule has 2 amide bonds. The van der Waals surface area contributed by atoms with Crippen LogP contribution in [-0.2, 0) is 9.59 Å². The number of carbonyl (C=O) groups excluding carboxylic acids is 2. The van der Waals surface area contributed by atoms with Crippen LogP contribution in [0.5, 0.6) is 0 Å². The molecule has 0 aromatic heterocycles. The highest BCUT2D eigenvalue weighted by molar-refractivity contribution is 9.10. The Kier molecular flexibility index (Phi) is 14.5. The standard InChI is InChI=1S/2C23H27BrN4O/c2*24-16-11-13-19(14-12-16)28-22(27-18-9-5-2-6-10-18)21(20(15-25)23(28)29)26-17-7-3-1-4-8-17/h2*11-14,17-18,26H,1-10H2. The van der Waals surface area contributed by atoms with Gasteiger partial charge in [0.15, 0.2) is 11.7 Å². The van der Waals surface area contributed by atoms with E-state index in [2.05, 4.69) is 54.6 Å². The predicted octanol–water partition coefficient (Wildman–Crippen LogP) is 10.5. The van der Waals surface area contributed by atoms with Crippen molar-refractivity contribution >= 4 is 66.7 Å². The lowest BCUT2D eigenvalue weighted by atomic mass is 9.95. The van der Waals surface area contributed by atoms with Crippen molar-refractivity contribution in [3.05, 3.63) is 80.0 Å². The number of rotatable bonds is 8. The van der Waals surface area contributed by atoms with E-state index in [1.807, 2.05) is 48.5 Å². The topological polar surface area (TPSA) is 137 Å². The van der Waals surface area contributed by atoms with Gasteiger partial charge in [0.25, 0.3) is 11.8 Å². The summed E-state index contributed by atoms with van der Waals surface area (Å²) in [5.41, 5.74) is 3.15. The van der Waals surface area contributed by atoms with Gasteiger partial charge in [-0.1, -0.05) is 109 Å². The monoisotopic (exact) mass is 908 g/mol. The zero-order valence-corrected chi connectivity index (χ0v) is 36.5. The number of carbonyl (C=O) groups is 2. The van der Waals surface area contributed by atoms with Crippen LogP contribution in [0.15, 0.2) is 90.0 Å². The van der Waals surface area contributed by atoms with Crippen molar-refractivity contribution in [1.82, 2.24) is 10.6 Å². The van der Waals surface area contributed by atoms with Gasteiger partial charge >= 0.3 is 0 Å². The summed E-state index contributed by atoms with van der Waals surface area (Å²) in [5, 5.41) is 26.7. The van der Waals surface area contributed by atoms with Crippen LogP contribution in [0.2, 0.25) is 0 Å². The third-order valence-corrected chi connectivity index (χ3v) is 13.3. The van der Waals surface area contributed by atoms with Crippen LogP contribution >= 0.6 is 31.9 Å². The highest BCUT2D eigenvalue weighted by Crippen LogP contribution is 2.34. The summed E-state index contributed by atoms with van der Waals surface area (Å²) in [7, 11) is 0. The van der Waals surface area contributed by atoms with Crippen LogP contribution in [0.4, 0.5) is 11.4 Å². The van der Waals surface area contributed by atoms with E-state index in [9.17, 15) is 20.1 Å². The number of hydrogen-bond donors (Lipinski definition) is 2. The van der Waals surface area contributed by atoms with Crippen molar-refractivity contribution in [1.29, 1.82) is 10.5 Å². The largest absolute Gasteiger partial charge is 0.378 e. The molecule has 4 aliphatic carbocycles. The lowest BCUT2D eigenvalue weighted by Crippen LogP contribution is -2.38. The summed E-state index contributed by atoms with van der Waals surface area (Å²) in [6, 6.07) is 20.6. The van der Waals surface area contributed by atoms with Gasteiger partial charge in [-0.3, -0.25) is 29.4 Å². The molecule has 12 heteroatoms. The molecule has 10 nitrogen and oxygen atoms in total. The summed E-state index contributed by atoms with van der Waals surface area (Å²) >= 11 is 6.92. The van der Waals surface area contributed by atoms with Crippen molar-refractivity contribution < 1.29 is 9.59 Å². The average molecular weight is 911 g/mol. The number of nitrogens with one attached hydrogen (secondary N) is 2. The van der Waals surface area contributed by atoms with Gasteiger partial charge in [-0.25, -0.2) is 0 Å². The van der Waals surface area contributed by atoms with Crippen molar-refractivity contribution in [2.24, 2.45) is 9.98 Å². The number of amidine groups is 2. The van der Waals surface area contributed by atoms with Crippen molar-refractivity contribution in [3.63, 3.8) is 0 Å². The maximum atomic E-state index is 13.2. The van der Waals surface area contributed by atoms with Gasteiger partial charge in [0.1, 0.15) is 34.7 Å². The van der Waals surface area contributed by atoms with Gasteiger partial charge in [-0.15, -0.1) is 0 Å². The lowest BCUT2D eigenvalue weighted by molar-refractivity contribution is -0.114. The number of benzene rings is 2. The number of nitriles is 2. The molecule has 0 unspecified atom stereocenters. The highest BCUT2D eigenvalue weighted by atomic mass is 79.9. The van der Waals surface area contributed by atoms with Gasteiger partial charge in [-0.2, -0.15) is 10.5 Å². The molecule has 0 radical (unpaired) electrons. The minimum atomic E-state index is -0.275. The molecular weight excluding hydrogens is 856 g/mol. The SMILES string of the molecule is N#CC1=C(NC2CCCCC2)C(=NC2CCCCC2)N(c2ccc(Br)cc2)C1=O.N#CC1=C(NC2CCCCC2)C(=NC2CCCCC2)N(c2ccc(Br)cc2)C1=O. The molecule has 6 aliphatic rings. The summed E-state index contributed by atoms with van der Waals surface area (Å²) in [4.78, 5) is 39.8. The fraction of sp³-hybridized carbons (Fsp3) is 0.522. The Morgan fingerprint density at radius 2 is 0.810 bits per heavy atom. The summed E-state index contributed by atoms with van der Waals surface area (Å²) < 4.78 is 1.90. The Hall–Kier alpha value is -4.26. The maximum Gasteiger partial charge on any atom is 0.277 e. The molecule has 0 spiro atoms. The maximum absolute atomic E-state index is 13.2. The quantitative estimate of drug-likeness (QED) is 0.271. The van der Waals surface area contributed by atoms with E-state index < -0.39 is 0 Å². The minimum absolute atomic E-state index is 0.188. The first kappa shape index (κ1) is 41.9. The number of aliphatic imine (C=N–C) groups is 2. The summed E-state index contributed by atoms with van der Waals surface area (Å²) in [6.07, 6.45) is 23.0. The second-order valence-corrected chi connectivity index (χ2v) is 18.2. The van der Waals surface area contributed by atoms with Crippen LogP contribution in [0.3, 0.4) is 0 Å². The molecule has 304 valence electrons. The van der Waals surface area contributed by atoms with Crippen LogP contribution in [-0.4, -0.2) is 47.7 Å². The second kappa shape index (κ2) is 20.1. The van der Waals surface area contributed by atoms with Gasteiger partial charge in [0.2, 0.25) is 0 Å². The molecule has 8 rings (SSSR count). The first-order chi connectivity index (χ1) is 28.3. The molecule has 2 N–H and O–H groups in total. The van der Waals surface area contributed by atoms with E-state index in [0.717, 1.165) is 71.7 Å². The molecule has 0 saturated heterocycles. The Bertz CT molecular complexity index is 1860. The van der Waals surface area contributed by atoms with Crippen LogP contribution in [0.1, 0.15) is 128 Å². The van der Waals surface area contributed by atoms with Gasteiger partial charge in [0, 0.05) is 21.0 Å². The third kappa shape index (κ3) is 9.94. The minimum Gasteiger partial charge on any atom is -0.378 e. The molecule has 4 saturated carbocycles. The average Bonchev–Trinajstić information content (AvgIpc) is 3.66. The molecule has 2 heterocycles. The summed E-state index contributed by atoms with van der Waals surface area (Å²) in [6.45, 7) is 0. The second-order valence-electron chi connectivity index (χ2n) is 16.4. The zero-order valence-electron chi connectivity index (χ0n) is 33.3. The molecule has 2 aliphatic heterocycles. The molecule has 0 bridgehead atoms. The number of halogens is 2. The van der Waals surface area contributed by atoms with Gasteiger partial charge in [0.05, 0.1) is 23.5 Å². The summed E-state index contributed by atoms with van der Waals surface area (Å²) in [5.74, 6) is 0.711. The van der Waals surface area contributed by atoms with Crippen molar-refractivity contribution in [2.75, 3.05) is 9.80 Å². The fourth-order valence-corrected chi connectivity index (χ4v) is 9.66. The van der Waals surface area contributed by atoms with Crippen LogP contribution in [0.25, 0.3) is 0 Å². The van der Waals surface area contributed by atoms with Crippen LogP contribution < -0.4 is 20.4 Å². The van der Waals surface area contributed by atoms with Crippen molar-refractivity contribution in [2.45, 2.75) is 153 Å². The highest BCUT2D eigenvalue weighted by Gasteiger charge is 2.41. The molecule has 0 atom stereocenters. The first-order valence-electron chi connectivity index (χ1n) is 21.5.